The molecule has 0 aliphatic heterocycles. The normalized spacial score (nSPS) is 16.8. The largest absolute Gasteiger partial charge is 0.354 e. The fraction of sp³-hybridized carbons (Fsp3) is 0.562. The predicted octanol–water partition coefficient (Wildman–Crippen LogP) is 0.866. The van der Waals surface area contributed by atoms with Crippen molar-refractivity contribution < 1.29 is 9.59 Å². The molecule has 1 heterocycles. The highest BCUT2D eigenvalue weighted by molar-refractivity contribution is 5.86. The maximum absolute atomic E-state index is 12.1. The van der Waals surface area contributed by atoms with E-state index in [4.69, 9.17) is 5.73 Å². The number of aromatic nitrogens is 1. The molecule has 4 N–H and O–H groups in total. The molecule has 1 fully saturated rings. The van der Waals surface area contributed by atoms with Crippen LogP contribution in [0.15, 0.2) is 24.5 Å². The molecule has 2 rings (SSSR count). The van der Waals surface area contributed by atoms with Crippen molar-refractivity contribution in [3.8, 4) is 0 Å². The number of hydrogen-bond acceptors (Lipinski definition) is 4. The van der Waals surface area contributed by atoms with E-state index in [9.17, 15) is 9.59 Å². The molecule has 1 aliphatic carbocycles. The number of carbonyl (C=O) groups is 2. The molecule has 1 aromatic rings. The molecule has 0 aromatic carbocycles. The van der Waals surface area contributed by atoms with Crippen LogP contribution in [0.4, 0.5) is 0 Å². The van der Waals surface area contributed by atoms with E-state index in [0.717, 1.165) is 37.7 Å². The second-order valence-electron chi connectivity index (χ2n) is 5.86. The fourth-order valence-electron chi connectivity index (χ4n) is 2.67. The quantitative estimate of drug-likeness (QED) is 0.726. The van der Waals surface area contributed by atoms with Gasteiger partial charge >= 0.3 is 0 Å². The van der Waals surface area contributed by atoms with E-state index in [2.05, 4.69) is 15.6 Å². The van der Waals surface area contributed by atoms with Gasteiger partial charge in [-0.1, -0.05) is 25.3 Å². The van der Waals surface area contributed by atoms with Crippen LogP contribution in [0.25, 0.3) is 0 Å². The van der Waals surface area contributed by atoms with Gasteiger partial charge in [-0.05, 0) is 24.5 Å². The van der Waals surface area contributed by atoms with Crippen molar-refractivity contribution in [2.24, 2.45) is 5.73 Å². The number of nitrogens with zero attached hydrogens (tertiary/aromatic N) is 1. The Morgan fingerprint density at radius 2 is 2.00 bits per heavy atom. The molecule has 120 valence electrons. The first-order valence-electron chi connectivity index (χ1n) is 7.83. The van der Waals surface area contributed by atoms with Gasteiger partial charge in [0.15, 0.2) is 0 Å². The minimum atomic E-state index is -0.746. The smallest absolute Gasteiger partial charge is 0.240 e. The number of nitrogens with two attached hydrogens (primary N) is 1. The molecular formula is C16H24N4O2. The zero-order valence-electron chi connectivity index (χ0n) is 12.8. The van der Waals surface area contributed by atoms with E-state index in [1.165, 1.54) is 0 Å². The Bertz CT molecular complexity index is 498. The zero-order chi connectivity index (χ0) is 15.8. The second kappa shape index (κ2) is 7.89. The van der Waals surface area contributed by atoms with Crippen LogP contribution in [0.1, 0.15) is 44.1 Å². The van der Waals surface area contributed by atoms with E-state index in [-0.39, 0.29) is 18.2 Å². The Kier molecular flexibility index (Phi) is 5.89. The van der Waals surface area contributed by atoms with Crippen LogP contribution in [0.3, 0.4) is 0 Å². The molecule has 0 atom stereocenters. The summed E-state index contributed by atoms with van der Waals surface area (Å²) in [4.78, 5) is 27.8. The van der Waals surface area contributed by atoms with Crippen molar-refractivity contribution in [2.75, 3.05) is 6.54 Å². The van der Waals surface area contributed by atoms with Gasteiger partial charge in [-0.15, -0.1) is 0 Å². The SMILES string of the molecule is NC1(C(=O)NCCC(=O)NCc2cccnc2)CCCCC1. The lowest BCUT2D eigenvalue weighted by molar-refractivity contribution is -0.127. The lowest BCUT2D eigenvalue weighted by atomic mass is 9.82. The molecule has 1 aromatic heterocycles. The third-order valence-electron chi connectivity index (χ3n) is 4.05. The molecule has 2 amide bonds. The van der Waals surface area contributed by atoms with Crippen LogP contribution in [0.2, 0.25) is 0 Å². The first-order chi connectivity index (χ1) is 10.6. The van der Waals surface area contributed by atoms with Crippen molar-refractivity contribution in [3.05, 3.63) is 30.1 Å². The van der Waals surface area contributed by atoms with Crippen molar-refractivity contribution in [2.45, 2.75) is 50.6 Å². The predicted molar refractivity (Wildman–Crippen MR) is 83.7 cm³/mol. The molecule has 0 radical (unpaired) electrons. The summed E-state index contributed by atoms with van der Waals surface area (Å²) in [7, 11) is 0. The highest BCUT2D eigenvalue weighted by atomic mass is 16.2. The summed E-state index contributed by atoms with van der Waals surface area (Å²) >= 11 is 0. The molecule has 6 heteroatoms. The van der Waals surface area contributed by atoms with Gasteiger partial charge in [0.25, 0.3) is 0 Å². The topological polar surface area (TPSA) is 97.1 Å². The number of carbonyl (C=O) groups excluding carboxylic acids is 2. The Labute approximate surface area is 130 Å². The maximum atomic E-state index is 12.1. The summed E-state index contributed by atoms with van der Waals surface area (Å²) in [5.41, 5.74) is 6.34. The Morgan fingerprint density at radius 3 is 2.68 bits per heavy atom. The number of pyridine rings is 1. The minimum absolute atomic E-state index is 0.0983. The van der Waals surface area contributed by atoms with Gasteiger partial charge in [0.05, 0.1) is 5.54 Å². The summed E-state index contributed by atoms with van der Waals surface area (Å²) in [5, 5.41) is 5.59. The molecule has 0 bridgehead atoms. The van der Waals surface area contributed by atoms with Crippen molar-refractivity contribution in [3.63, 3.8) is 0 Å². The van der Waals surface area contributed by atoms with Crippen LogP contribution < -0.4 is 16.4 Å². The Hall–Kier alpha value is -1.95. The zero-order valence-corrected chi connectivity index (χ0v) is 12.8. The maximum Gasteiger partial charge on any atom is 0.240 e. The second-order valence-corrected chi connectivity index (χ2v) is 5.86. The van der Waals surface area contributed by atoms with Gasteiger partial charge in [0.2, 0.25) is 11.8 Å². The molecule has 22 heavy (non-hydrogen) atoms. The fourth-order valence-corrected chi connectivity index (χ4v) is 2.67. The standard InChI is InChI=1S/C16H24N4O2/c17-16(7-2-1-3-8-16)15(22)19-10-6-14(21)20-12-13-5-4-9-18-11-13/h4-5,9,11H,1-3,6-8,10,12,17H2,(H,19,22)(H,20,21). The first kappa shape index (κ1) is 16.4. The lowest BCUT2D eigenvalue weighted by Gasteiger charge is -2.31. The molecular weight excluding hydrogens is 280 g/mol. The number of hydrogen-bond donors (Lipinski definition) is 3. The van der Waals surface area contributed by atoms with Gasteiger partial charge in [-0.2, -0.15) is 0 Å². The Balaban J connectivity index is 1.65. The Morgan fingerprint density at radius 1 is 1.23 bits per heavy atom. The number of rotatable bonds is 6. The van der Waals surface area contributed by atoms with Crippen LogP contribution in [0.5, 0.6) is 0 Å². The van der Waals surface area contributed by atoms with Crippen LogP contribution in [-0.4, -0.2) is 28.9 Å². The molecule has 1 aliphatic rings. The average Bonchev–Trinajstić information content (AvgIpc) is 2.54. The van der Waals surface area contributed by atoms with E-state index < -0.39 is 5.54 Å². The third kappa shape index (κ3) is 4.80. The van der Waals surface area contributed by atoms with E-state index in [0.29, 0.717) is 13.1 Å². The van der Waals surface area contributed by atoms with Crippen molar-refractivity contribution in [1.82, 2.24) is 15.6 Å². The van der Waals surface area contributed by atoms with Crippen LogP contribution in [0, 0.1) is 0 Å². The van der Waals surface area contributed by atoms with Gasteiger partial charge < -0.3 is 16.4 Å². The summed E-state index contributed by atoms with van der Waals surface area (Å²) in [6, 6.07) is 3.73. The summed E-state index contributed by atoms with van der Waals surface area (Å²) in [6.07, 6.45) is 8.24. The van der Waals surface area contributed by atoms with E-state index in [1.807, 2.05) is 12.1 Å². The average molecular weight is 304 g/mol. The molecule has 0 spiro atoms. The first-order valence-corrected chi connectivity index (χ1v) is 7.83. The highest BCUT2D eigenvalue weighted by Crippen LogP contribution is 2.25. The van der Waals surface area contributed by atoms with Gasteiger partial charge in [-0.25, -0.2) is 0 Å². The van der Waals surface area contributed by atoms with Gasteiger partial charge in [0.1, 0.15) is 0 Å². The van der Waals surface area contributed by atoms with E-state index in [1.54, 1.807) is 12.4 Å². The molecule has 0 saturated heterocycles. The van der Waals surface area contributed by atoms with Gasteiger partial charge in [-0.3, -0.25) is 14.6 Å². The van der Waals surface area contributed by atoms with Gasteiger partial charge in [0, 0.05) is 31.9 Å². The minimum Gasteiger partial charge on any atom is -0.354 e. The third-order valence-corrected chi connectivity index (χ3v) is 4.05. The lowest BCUT2D eigenvalue weighted by Crippen LogP contribution is -2.55. The van der Waals surface area contributed by atoms with Crippen molar-refractivity contribution >= 4 is 11.8 Å². The summed E-state index contributed by atoms with van der Waals surface area (Å²) in [6.45, 7) is 0.762. The summed E-state index contributed by atoms with van der Waals surface area (Å²) in [5.74, 6) is -0.230. The van der Waals surface area contributed by atoms with Crippen molar-refractivity contribution in [1.29, 1.82) is 0 Å². The van der Waals surface area contributed by atoms with Crippen LogP contribution >= 0.6 is 0 Å². The molecule has 1 saturated carbocycles. The highest BCUT2D eigenvalue weighted by Gasteiger charge is 2.34. The monoisotopic (exact) mass is 304 g/mol. The van der Waals surface area contributed by atoms with E-state index >= 15 is 0 Å². The number of nitrogens with one attached hydrogen (secondary N) is 2. The van der Waals surface area contributed by atoms with Crippen LogP contribution in [-0.2, 0) is 16.1 Å². The molecule has 6 nitrogen and oxygen atoms in total. The molecule has 0 unspecified atom stereocenters. The summed E-state index contributed by atoms with van der Waals surface area (Å²) < 4.78 is 0. The number of amides is 2.